The molecule has 1 aromatic carbocycles. The van der Waals surface area contributed by atoms with E-state index in [0.29, 0.717) is 19.4 Å². The lowest BCUT2D eigenvalue weighted by molar-refractivity contribution is 0.134. The third kappa shape index (κ3) is 3.87. The lowest BCUT2D eigenvalue weighted by Crippen LogP contribution is -2.12. The Balaban J connectivity index is 2.49. The topological polar surface area (TPSA) is 29.5 Å². The Morgan fingerprint density at radius 1 is 1.38 bits per heavy atom. The first-order chi connectivity index (χ1) is 7.65. The van der Waals surface area contributed by atoms with Crippen LogP contribution in [-0.4, -0.2) is 24.9 Å². The molecule has 0 aliphatic heterocycles. The number of hydrogen-bond acceptors (Lipinski definition) is 2. The Morgan fingerprint density at radius 2 is 2.12 bits per heavy atom. The van der Waals surface area contributed by atoms with Crippen LogP contribution in [0.2, 0.25) is 0 Å². The summed E-state index contributed by atoms with van der Waals surface area (Å²) in [7, 11) is 1.58. The van der Waals surface area contributed by atoms with Crippen LogP contribution in [0.15, 0.2) is 18.2 Å². The summed E-state index contributed by atoms with van der Waals surface area (Å²) in [6.07, 6.45) is 0.692. The van der Waals surface area contributed by atoms with E-state index in [4.69, 9.17) is 4.74 Å². The van der Waals surface area contributed by atoms with Gasteiger partial charge in [0.15, 0.2) is 11.6 Å². The first kappa shape index (κ1) is 13.1. The molecule has 1 N–H and O–H groups in total. The van der Waals surface area contributed by atoms with Crippen LogP contribution in [0.4, 0.5) is 8.78 Å². The number of halogens is 2. The van der Waals surface area contributed by atoms with Gasteiger partial charge in [0.05, 0.1) is 6.10 Å². The highest BCUT2D eigenvalue weighted by Crippen LogP contribution is 2.14. The van der Waals surface area contributed by atoms with Gasteiger partial charge in [-0.2, -0.15) is 0 Å². The Hall–Kier alpha value is -1.00. The van der Waals surface area contributed by atoms with Crippen LogP contribution in [0.5, 0.6) is 0 Å². The molecule has 0 aromatic heterocycles. The van der Waals surface area contributed by atoms with Crippen LogP contribution in [0.1, 0.15) is 18.4 Å². The molecular formula is C12H16F2O2. The number of hydrogen-bond donors (Lipinski definition) is 1. The molecule has 1 atom stereocenters. The summed E-state index contributed by atoms with van der Waals surface area (Å²) in [5, 5.41) is 9.60. The van der Waals surface area contributed by atoms with Crippen molar-refractivity contribution in [3.63, 3.8) is 0 Å². The summed E-state index contributed by atoms with van der Waals surface area (Å²) in [5.74, 6) is -1.74. The third-order valence-electron chi connectivity index (χ3n) is 2.37. The molecule has 0 heterocycles. The normalized spacial score (nSPS) is 12.8. The smallest absolute Gasteiger partial charge is 0.162 e. The van der Waals surface area contributed by atoms with Crippen molar-refractivity contribution in [3.8, 4) is 0 Å². The maximum Gasteiger partial charge on any atom is 0.162 e. The molecule has 0 saturated heterocycles. The number of aliphatic hydroxyl groups is 1. The van der Waals surface area contributed by atoms with Crippen LogP contribution in [0.25, 0.3) is 0 Å². The minimum absolute atomic E-state index is 0.132. The quantitative estimate of drug-likeness (QED) is 0.760. The minimum Gasteiger partial charge on any atom is -0.393 e. The van der Waals surface area contributed by atoms with Crippen molar-refractivity contribution in [2.45, 2.75) is 25.4 Å². The summed E-state index contributed by atoms with van der Waals surface area (Å²) in [6, 6.07) is 3.99. The average Bonchev–Trinajstić information content (AvgIpc) is 2.25. The largest absolute Gasteiger partial charge is 0.393 e. The highest BCUT2D eigenvalue weighted by molar-refractivity contribution is 5.19. The van der Waals surface area contributed by atoms with Gasteiger partial charge in [-0.15, -0.1) is 0 Å². The average molecular weight is 230 g/mol. The van der Waals surface area contributed by atoms with Gasteiger partial charge in [-0.3, -0.25) is 0 Å². The molecule has 16 heavy (non-hydrogen) atoms. The van der Waals surface area contributed by atoms with Crippen molar-refractivity contribution in [2.75, 3.05) is 13.7 Å². The van der Waals surface area contributed by atoms with Crippen molar-refractivity contribution < 1.29 is 18.6 Å². The van der Waals surface area contributed by atoms with Crippen LogP contribution in [0.3, 0.4) is 0 Å². The molecule has 1 unspecified atom stereocenters. The summed E-state index contributed by atoms with van der Waals surface area (Å²) >= 11 is 0. The van der Waals surface area contributed by atoms with Gasteiger partial charge in [0.2, 0.25) is 0 Å². The lowest BCUT2D eigenvalue weighted by atomic mass is 10.0. The van der Waals surface area contributed by atoms with Crippen molar-refractivity contribution in [2.24, 2.45) is 0 Å². The van der Waals surface area contributed by atoms with E-state index in [0.717, 1.165) is 6.07 Å². The van der Waals surface area contributed by atoms with Gasteiger partial charge in [0.1, 0.15) is 0 Å². The number of ether oxygens (including phenoxy) is 1. The van der Waals surface area contributed by atoms with E-state index >= 15 is 0 Å². The third-order valence-corrected chi connectivity index (χ3v) is 2.37. The Kier molecular flexibility index (Phi) is 5.35. The molecule has 1 aromatic rings. The number of methoxy groups -OCH3 is 1. The standard InChI is InChI=1S/C12H16F2O2/c1-16-7-3-5-10(15)8-9-4-2-6-11(13)12(9)14/h2,4,6,10,15H,3,5,7-8H2,1H3. The first-order valence-electron chi connectivity index (χ1n) is 5.25. The fraction of sp³-hybridized carbons (Fsp3) is 0.500. The van der Waals surface area contributed by atoms with Gasteiger partial charge in [0.25, 0.3) is 0 Å². The molecule has 4 heteroatoms. The highest BCUT2D eigenvalue weighted by Gasteiger charge is 2.12. The first-order valence-corrected chi connectivity index (χ1v) is 5.25. The summed E-state index contributed by atoms with van der Waals surface area (Å²) in [4.78, 5) is 0. The molecule has 0 fully saturated rings. The Bertz CT molecular complexity index is 329. The predicted octanol–water partition coefficient (Wildman–Crippen LogP) is 2.29. The zero-order valence-corrected chi connectivity index (χ0v) is 9.25. The SMILES string of the molecule is COCCCC(O)Cc1cccc(F)c1F. The van der Waals surface area contributed by atoms with E-state index in [1.165, 1.54) is 12.1 Å². The maximum absolute atomic E-state index is 13.2. The molecule has 0 aliphatic carbocycles. The molecule has 0 radical (unpaired) electrons. The van der Waals surface area contributed by atoms with Crippen LogP contribution in [0, 0.1) is 11.6 Å². The molecule has 1 rings (SSSR count). The lowest BCUT2D eigenvalue weighted by Gasteiger charge is -2.11. The van der Waals surface area contributed by atoms with E-state index in [-0.39, 0.29) is 12.0 Å². The molecule has 0 spiro atoms. The second kappa shape index (κ2) is 6.55. The van der Waals surface area contributed by atoms with Gasteiger partial charge in [0, 0.05) is 20.1 Å². The molecule has 2 nitrogen and oxygen atoms in total. The van der Waals surface area contributed by atoms with Crippen molar-refractivity contribution in [1.82, 2.24) is 0 Å². The molecular weight excluding hydrogens is 214 g/mol. The van der Waals surface area contributed by atoms with E-state index in [1.54, 1.807) is 7.11 Å². The predicted molar refractivity (Wildman–Crippen MR) is 57.2 cm³/mol. The van der Waals surface area contributed by atoms with E-state index in [9.17, 15) is 13.9 Å². The Morgan fingerprint density at radius 3 is 2.81 bits per heavy atom. The maximum atomic E-state index is 13.2. The summed E-state index contributed by atoms with van der Waals surface area (Å²) in [5.41, 5.74) is 0.213. The zero-order chi connectivity index (χ0) is 12.0. The van der Waals surface area contributed by atoms with E-state index in [1.807, 2.05) is 0 Å². The molecule has 0 aliphatic rings. The fourth-order valence-electron chi connectivity index (χ4n) is 1.53. The second-order valence-electron chi connectivity index (χ2n) is 3.71. The molecule has 0 bridgehead atoms. The van der Waals surface area contributed by atoms with E-state index < -0.39 is 17.7 Å². The fourth-order valence-corrected chi connectivity index (χ4v) is 1.53. The highest BCUT2D eigenvalue weighted by atomic mass is 19.2. The van der Waals surface area contributed by atoms with Gasteiger partial charge in [-0.25, -0.2) is 8.78 Å². The molecule has 0 amide bonds. The zero-order valence-electron chi connectivity index (χ0n) is 9.25. The van der Waals surface area contributed by atoms with E-state index in [2.05, 4.69) is 0 Å². The van der Waals surface area contributed by atoms with Crippen LogP contribution >= 0.6 is 0 Å². The molecule has 90 valence electrons. The van der Waals surface area contributed by atoms with Gasteiger partial charge in [-0.05, 0) is 24.5 Å². The minimum atomic E-state index is -0.874. The number of rotatable bonds is 6. The molecule has 0 saturated carbocycles. The van der Waals surface area contributed by atoms with Crippen molar-refractivity contribution >= 4 is 0 Å². The summed E-state index contributed by atoms with van der Waals surface area (Å²) < 4.78 is 30.9. The Labute approximate surface area is 93.9 Å². The monoisotopic (exact) mass is 230 g/mol. The van der Waals surface area contributed by atoms with Gasteiger partial charge >= 0.3 is 0 Å². The van der Waals surface area contributed by atoms with Crippen LogP contribution < -0.4 is 0 Å². The van der Waals surface area contributed by atoms with Gasteiger partial charge < -0.3 is 9.84 Å². The summed E-state index contributed by atoms with van der Waals surface area (Å²) in [6.45, 7) is 0.558. The number of aliphatic hydroxyl groups excluding tert-OH is 1. The van der Waals surface area contributed by atoms with Crippen molar-refractivity contribution in [3.05, 3.63) is 35.4 Å². The second-order valence-corrected chi connectivity index (χ2v) is 3.71. The van der Waals surface area contributed by atoms with Crippen LogP contribution in [-0.2, 0) is 11.2 Å². The van der Waals surface area contributed by atoms with Gasteiger partial charge in [-0.1, -0.05) is 12.1 Å². The van der Waals surface area contributed by atoms with Crippen molar-refractivity contribution in [1.29, 1.82) is 0 Å². The number of benzene rings is 1.